The number of aromatic nitrogens is 2. The van der Waals surface area contributed by atoms with Crippen LogP contribution in [-0.4, -0.2) is 21.9 Å². The van der Waals surface area contributed by atoms with Crippen molar-refractivity contribution in [1.29, 1.82) is 0 Å². The summed E-state index contributed by atoms with van der Waals surface area (Å²) in [5, 5.41) is 12.3. The summed E-state index contributed by atoms with van der Waals surface area (Å²) in [7, 11) is 0. The maximum Gasteiger partial charge on any atom is 0.255 e. The molecular formula is C29H17N3O2S. The van der Waals surface area contributed by atoms with Gasteiger partial charge in [-0.05, 0) is 52.9 Å². The number of amides is 1. The molecule has 7 rings (SSSR count). The Hall–Kier alpha value is -4.55. The fraction of sp³-hybridized carbons (Fsp3) is 0. The number of H-pyrrole nitrogens is 1. The Kier molecular flexibility index (Phi) is 4.25. The predicted octanol–water partition coefficient (Wildman–Crippen LogP) is 6.91. The number of ketones is 1. The van der Waals surface area contributed by atoms with Gasteiger partial charge in [0.15, 0.2) is 5.78 Å². The Morgan fingerprint density at radius 3 is 2.46 bits per heavy atom. The van der Waals surface area contributed by atoms with E-state index in [4.69, 9.17) is 0 Å². The lowest BCUT2D eigenvalue weighted by atomic mass is 10.0. The topological polar surface area (TPSA) is 74.8 Å². The van der Waals surface area contributed by atoms with Crippen LogP contribution in [0, 0.1) is 0 Å². The number of hydrogen-bond acceptors (Lipinski definition) is 4. The van der Waals surface area contributed by atoms with E-state index in [2.05, 4.69) is 33.7 Å². The normalized spacial score (nSPS) is 12.2. The number of aromatic amines is 1. The highest BCUT2D eigenvalue weighted by Crippen LogP contribution is 2.39. The largest absolute Gasteiger partial charge is 0.322 e. The van der Waals surface area contributed by atoms with Gasteiger partial charge in [0.1, 0.15) is 0 Å². The number of nitrogens with zero attached hydrogens (tertiary/aromatic N) is 1. The lowest BCUT2D eigenvalue weighted by molar-refractivity contribution is 0.102. The van der Waals surface area contributed by atoms with Crippen LogP contribution in [-0.2, 0) is 0 Å². The summed E-state index contributed by atoms with van der Waals surface area (Å²) in [6.45, 7) is 0. The summed E-state index contributed by atoms with van der Waals surface area (Å²) in [6.07, 6.45) is 1.73. The number of thiophene rings is 1. The fourth-order valence-corrected chi connectivity index (χ4v) is 5.89. The number of carbonyl (C=O) groups excluding carboxylic acids is 2. The van der Waals surface area contributed by atoms with Gasteiger partial charge in [-0.25, -0.2) is 0 Å². The molecule has 0 atom stereocenters. The molecule has 2 aromatic heterocycles. The second-order valence-electron chi connectivity index (χ2n) is 8.60. The first-order valence-corrected chi connectivity index (χ1v) is 12.0. The summed E-state index contributed by atoms with van der Waals surface area (Å²) in [6, 6.07) is 27.2. The van der Waals surface area contributed by atoms with Gasteiger partial charge in [0.05, 0.1) is 11.7 Å². The fourth-order valence-electron chi connectivity index (χ4n) is 4.81. The van der Waals surface area contributed by atoms with Crippen LogP contribution in [0.4, 0.5) is 5.69 Å². The Morgan fingerprint density at radius 1 is 0.771 bits per heavy atom. The predicted molar refractivity (Wildman–Crippen MR) is 140 cm³/mol. The van der Waals surface area contributed by atoms with E-state index in [1.807, 2.05) is 60.7 Å². The summed E-state index contributed by atoms with van der Waals surface area (Å²) in [5.41, 5.74) is 6.09. The molecule has 4 aromatic carbocycles. The van der Waals surface area contributed by atoms with Crippen LogP contribution >= 0.6 is 11.3 Å². The highest BCUT2D eigenvalue weighted by atomic mass is 32.1. The van der Waals surface area contributed by atoms with Crippen molar-refractivity contribution in [2.45, 2.75) is 0 Å². The first kappa shape index (κ1) is 19.9. The first-order chi connectivity index (χ1) is 17.2. The molecule has 0 unspecified atom stereocenters. The number of carbonyl (C=O) groups is 2. The number of benzene rings is 4. The van der Waals surface area contributed by atoms with Crippen molar-refractivity contribution < 1.29 is 9.59 Å². The number of rotatable bonds is 3. The Morgan fingerprint density at radius 2 is 1.57 bits per heavy atom. The lowest BCUT2D eigenvalue weighted by Crippen LogP contribution is -2.12. The smallest absolute Gasteiger partial charge is 0.255 e. The van der Waals surface area contributed by atoms with Crippen LogP contribution in [0.25, 0.3) is 42.6 Å². The molecule has 166 valence electrons. The molecule has 2 heterocycles. The standard InChI is InChI=1S/C29H17N3O2S/c33-28-22-7-3-2-6-20(22)21-10-9-19(14-23(21)28)31-29(34)17-11-18-15-30-32-27(18)24(12-17)26-13-16-5-1-4-8-25(16)35-26/h1-15H,(H,30,32)(H,31,34). The maximum absolute atomic E-state index is 13.3. The van der Waals surface area contributed by atoms with Crippen LogP contribution < -0.4 is 5.32 Å². The highest BCUT2D eigenvalue weighted by Gasteiger charge is 2.26. The molecule has 0 radical (unpaired) electrons. The monoisotopic (exact) mass is 471 g/mol. The van der Waals surface area contributed by atoms with E-state index in [-0.39, 0.29) is 11.7 Å². The number of fused-ring (bicyclic) bond motifs is 5. The quantitative estimate of drug-likeness (QED) is 0.294. The molecule has 2 N–H and O–H groups in total. The van der Waals surface area contributed by atoms with Crippen LogP contribution in [0.1, 0.15) is 26.3 Å². The van der Waals surface area contributed by atoms with Gasteiger partial charge >= 0.3 is 0 Å². The molecule has 0 fully saturated rings. The van der Waals surface area contributed by atoms with Gasteiger partial charge in [-0.1, -0.05) is 48.5 Å². The lowest BCUT2D eigenvalue weighted by Gasteiger charge is -2.09. The zero-order valence-electron chi connectivity index (χ0n) is 18.3. The minimum atomic E-state index is -0.238. The Labute approximate surface area is 204 Å². The molecule has 0 saturated carbocycles. The van der Waals surface area contributed by atoms with Gasteiger partial charge < -0.3 is 5.32 Å². The minimum Gasteiger partial charge on any atom is -0.322 e. The molecule has 0 bridgehead atoms. The van der Waals surface area contributed by atoms with Gasteiger partial charge in [-0.3, -0.25) is 14.7 Å². The number of hydrogen-bond donors (Lipinski definition) is 2. The van der Waals surface area contributed by atoms with E-state index in [9.17, 15) is 9.59 Å². The van der Waals surface area contributed by atoms with Gasteiger partial charge in [-0.2, -0.15) is 5.10 Å². The van der Waals surface area contributed by atoms with E-state index in [0.29, 0.717) is 22.4 Å². The van der Waals surface area contributed by atoms with Gasteiger partial charge in [0, 0.05) is 42.9 Å². The Bertz CT molecular complexity index is 1800. The van der Waals surface area contributed by atoms with Crippen LogP contribution in [0.2, 0.25) is 0 Å². The van der Waals surface area contributed by atoms with E-state index in [1.54, 1.807) is 23.6 Å². The van der Waals surface area contributed by atoms with Crippen molar-refractivity contribution in [3.8, 4) is 21.6 Å². The summed E-state index contributed by atoms with van der Waals surface area (Å²) in [4.78, 5) is 27.2. The van der Waals surface area contributed by atoms with E-state index in [1.165, 1.54) is 10.1 Å². The second-order valence-corrected chi connectivity index (χ2v) is 9.68. The molecular weight excluding hydrogens is 454 g/mol. The third-order valence-electron chi connectivity index (χ3n) is 6.49. The van der Waals surface area contributed by atoms with Crippen molar-refractivity contribution >= 4 is 49.7 Å². The van der Waals surface area contributed by atoms with Crippen LogP contribution in [0.3, 0.4) is 0 Å². The molecule has 6 aromatic rings. The average molecular weight is 472 g/mol. The van der Waals surface area contributed by atoms with E-state index >= 15 is 0 Å². The van der Waals surface area contributed by atoms with Gasteiger partial charge in [-0.15, -0.1) is 11.3 Å². The van der Waals surface area contributed by atoms with Crippen molar-refractivity contribution in [3.05, 3.63) is 108 Å². The Balaban J connectivity index is 1.26. The third-order valence-corrected chi connectivity index (χ3v) is 7.64. The first-order valence-electron chi connectivity index (χ1n) is 11.2. The molecule has 35 heavy (non-hydrogen) atoms. The molecule has 1 amide bonds. The van der Waals surface area contributed by atoms with E-state index in [0.717, 1.165) is 32.5 Å². The summed E-state index contributed by atoms with van der Waals surface area (Å²) >= 11 is 1.68. The zero-order chi connectivity index (χ0) is 23.5. The van der Waals surface area contributed by atoms with Crippen molar-refractivity contribution in [2.75, 3.05) is 5.32 Å². The molecule has 0 saturated heterocycles. The van der Waals surface area contributed by atoms with E-state index < -0.39 is 0 Å². The van der Waals surface area contributed by atoms with Crippen molar-refractivity contribution in [3.63, 3.8) is 0 Å². The van der Waals surface area contributed by atoms with Gasteiger partial charge in [0.2, 0.25) is 0 Å². The average Bonchev–Trinajstić information content (AvgIpc) is 3.60. The second kappa shape index (κ2) is 7.48. The zero-order valence-corrected chi connectivity index (χ0v) is 19.1. The van der Waals surface area contributed by atoms with Crippen LogP contribution in [0.15, 0.2) is 91.1 Å². The molecule has 0 aliphatic heterocycles. The molecule has 5 nitrogen and oxygen atoms in total. The third kappa shape index (κ3) is 3.11. The molecule has 1 aliphatic rings. The maximum atomic E-state index is 13.3. The van der Waals surface area contributed by atoms with Gasteiger partial charge in [0.25, 0.3) is 5.91 Å². The van der Waals surface area contributed by atoms with Crippen molar-refractivity contribution in [1.82, 2.24) is 10.2 Å². The van der Waals surface area contributed by atoms with Crippen molar-refractivity contribution in [2.24, 2.45) is 0 Å². The number of anilines is 1. The minimum absolute atomic E-state index is 0.0152. The molecule has 6 heteroatoms. The molecule has 0 spiro atoms. The summed E-state index contributed by atoms with van der Waals surface area (Å²) < 4.78 is 1.19. The SMILES string of the molecule is O=C(Nc1ccc2c(c1)C(=O)c1ccccc1-2)c1cc(-c2cc3ccccc3s2)c2[nH]ncc2c1. The van der Waals surface area contributed by atoms with Crippen LogP contribution in [0.5, 0.6) is 0 Å². The highest BCUT2D eigenvalue weighted by molar-refractivity contribution is 7.22. The molecule has 1 aliphatic carbocycles. The number of nitrogens with one attached hydrogen (secondary N) is 2. The summed E-state index contributed by atoms with van der Waals surface area (Å²) in [5.74, 6) is -0.253.